The molecule has 1 rings (SSSR count). The Hall–Kier alpha value is -0.450. The van der Waals surface area contributed by atoms with Crippen LogP contribution in [0.3, 0.4) is 0 Å². The van der Waals surface area contributed by atoms with Crippen LogP contribution in [0.2, 0.25) is 0 Å². The van der Waals surface area contributed by atoms with Crippen molar-refractivity contribution in [1.82, 2.24) is 0 Å². The molecule has 0 saturated carbocycles. The third kappa shape index (κ3) is 3.74. The summed E-state index contributed by atoms with van der Waals surface area (Å²) in [5, 5.41) is 0. The summed E-state index contributed by atoms with van der Waals surface area (Å²) in [6.07, 6.45) is 0. The fourth-order valence-corrected chi connectivity index (χ4v) is 1.27. The summed E-state index contributed by atoms with van der Waals surface area (Å²) >= 11 is 3.35. The quantitative estimate of drug-likeness (QED) is 0.921. The van der Waals surface area contributed by atoms with Gasteiger partial charge in [0.1, 0.15) is 6.61 Å². The molecule has 0 amide bonds. The number of ether oxygens (including phenoxy) is 2. The zero-order valence-electron chi connectivity index (χ0n) is 7.83. The van der Waals surface area contributed by atoms with E-state index in [-0.39, 0.29) is 12.4 Å². The van der Waals surface area contributed by atoms with Gasteiger partial charge in [-0.2, -0.15) is 0 Å². The predicted octanol–water partition coefficient (Wildman–Crippen LogP) is 2.22. The lowest BCUT2D eigenvalue weighted by molar-refractivity contribution is 0.302. The van der Waals surface area contributed by atoms with E-state index in [2.05, 4.69) is 15.9 Å². The van der Waals surface area contributed by atoms with Crippen LogP contribution in [0.1, 0.15) is 0 Å². The zero-order valence-corrected chi connectivity index (χ0v) is 10.2. The van der Waals surface area contributed by atoms with Gasteiger partial charge in [-0.25, -0.2) is 0 Å². The van der Waals surface area contributed by atoms with Gasteiger partial charge in [0.25, 0.3) is 0 Å². The largest absolute Gasteiger partial charge is 0.493 e. The number of rotatable bonds is 4. The predicted molar refractivity (Wildman–Crippen MR) is 62.5 cm³/mol. The summed E-state index contributed by atoms with van der Waals surface area (Å²) < 4.78 is 11.4. The van der Waals surface area contributed by atoms with Crippen LogP contribution in [0.4, 0.5) is 0 Å². The van der Waals surface area contributed by atoms with Crippen molar-refractivity contribution in [2.24, 2.45) is 5.73 Å². The van der Waals surface area contributed by atoms with Gasteiger partial charge >= 0.3 is 0 Å². The molecule has 0 aliphatic carbocycles. The van der Waals surface area contributed by atoms with E-state index in [0.29, 0.717) is 18.9 Å². The maximum Gasteiger partial charge on any atom is 0.162 e. The highest BCUT2D eigenvalue weighted by molar-refractivity contribution is 9.10. The molecule has 3 nitrogen and oxygen atoms in total. The van der Waals surface area contributed by atoms with Crippen molar-refractivity contribution >= 4 is 28.3 Å². The van der Waals surface area contributed by atoms with E-state index in [4.69, 9.17) is 15.2 Å². The Balaban J connectivity index is 0.00000169. The molecule has 0 heterocycles. The lowest BCUT2D eigenvalue weighted by Crippen LogP contribution is -2.11. The number of hydrogen-bond acceptors (Lipinski definition) is 3. The van der Waals surface area contributed by atoms with Crippen LogP contribution in [0.15, 0.2) is 22.7 Å². The maximum atomic E-state index is 5.38. The van der Waals surface area contributed by atoms with E-state index in [1.54, 1.807) is 7.11 Å². The molecule has 1 aromatic rings. The molecule has 80 valence electrons. The Kier molecular flexibility index (Phi) is 6.70. The van der Waals surface area contributed by atoms with Crippen LogP contribution in [-0.2, 0) is 0 Å². The third-order valence-electron chi connectivity index (χ3n) is 1.50. The van der Waals surface area contributed by atoms with Crippen LogP contribution < -0.4 is 15.2 Å². The van der Waals surface area contributed by atoms with E-state index < -0.39 is 0 Å². The number of nitrogens with two attached hydrogens (primary N) is 1. The second-order valence-corrected chi connectivity index (χ2v) is 3.35. The number of hydrogen-bond donors (Lipinski definition) is 1. The number of benzene rings is 1. The Morgan fingerprint density at radius 1 is 1.36 bits per heavy atom. The highest BCUT2D eigenvalue weighted by Crippen LogP contribution is 2.29. The van der Waals surface area contributed by atoms with Crippen molar-refractivity contribution < 1.29 is 9.47 Å². The van der Waals surface area contributed by atoms with E-state index in [9.17, 15) is 0 Å². The lowest BCUT2D eigenvalue weighted by atomic mass is 10.3. The molecule has 0 saturated heterocycles. The van der Waals surface area contributed by atoms with Gasteiger partial charge in [-0.3, -0.25) is 0 Å². The van der Waals surface area contributed by atoms with Crippen LogP contribution in [0, 0.1) is 0 Å². The first-order valence-electron chi connectivity index (χ1n) is 3.94. The maximum absolute atomic E-state index is 5.38. The van der Waals surface area contributed by atoms with E-state index in [0.717, 1.165) is 10.2 Å². The minimum atomic E-state index is 0. The van der Waals surface area contributed by atoms with Crippen LogP contribution in [0.5, 0.6) is 11.5 Å². The molecular formula is C9H13BrClNO2. The smallest absolute Gasteiger partial charge is 0.162 e. The van der Waals surface area contributed by atoms with Gasteiger partial charge in [0, 0.05) is 11.0 Å². The Bertz CT molecular complexity index is 284. The minimum Gasteiger partial charge on any atom is -0.493 e. The number of methoxy groups -OCH3 is 1. The van der Waals surface area contributed by atoms with Crippen molar-refractivity contribution in [2.45, 2.75) is 0 Å². The summed E-state index contributed by atoms with van der Waals surface area (Å²) in [6, 6.07) is 5.60. The summed E-state index contributed by atoms with van der Waals surface area (Å²) in [4.78, 5) is 0. The Morgan fingerprint density at radius 2 is 2.07 bits per heavy atom. The van der Waals surface area contributed by atoms with Gasteiger partial charge in [-0.1, -0.05) is 15.9 Å². The van der Waals surface area contributed by atoms with Crippen molar-refractivity contribution in [3.8, 4) is 11.5 Å². The molecule has 2 N–H and O–H groups in total. The van der Waals surface area contributed by atoms with Gasteiger partial charge in [-0.15, -0.1) is 12.4 Å². The molecule has 0 aromatic heterocycles. The molecule has 1 aromatic carbocycles. The molecule has 0 fully saturated rings. The first kappa shape index (κ1) is 13.6. The Morgan fingerprint density at radius 3 is 2.64 bits per heavy atom. The van der Waals surface area contributed by atoms with Crippen molar-refractivity contribution in [1.29, 1.82) is 0 Å². The van der Waals surface area contributed by atoms with Gasteiger partial charge in [0.15, 0.2) is 11.5 Å². The zero-order chi connectivity index (χ0) is 9.68. The second-order valence-electron chi connectivity index (χ2n) is 2.43. The average molecular weight is 283 g/mol. The molecular weight excluding hydrogens is 269 g/mol. The lowest BCUT2D eigenvalue weighted by Gasteiger charge is -2.09. The van der Waals surface area contributed by atoms with E-state index >= 15 is 0 Å². The molecule has 5 heteroatoms. The van der Waals surface area contributed by atoms with Gasteiger partial charge in [0.05, 0.1) is 7.11 Å². The SMILES string of the molecule is COc1ccc(Br)cc1OCCN.Cl. The number of halogens is 2. The van der Waals surface area contributed by atoms with Crippen molar-refractivity contribution in [3.05, 3.63) is 22.7 Å². The van der Waals surface area contributed by atoms with Crippen molar-refractivity contribution in [2.75, 3.05) is 20.3 Å². The standard InChI is InChI=1S/C9H12BrNO2.ClH/c1-12-8-3-2-7(10)6-9(8)13-5-4-11;/h2-3,6H,4-5,11H2,1H3;1H. The summed E-state index contributed by atoms with van der Waals surface area (Å²) in [5.74, 6) is 1.43. The van der Waals surface area contributed by atoms with Crippen LogP contribution >= 0.6 is 28.3 Å². The van der Waals surface area contributed by atoms with Gasteiger partial charge in [-0.05, 0) is 18.2 Å². The first-order chi connectivity index (χ1) is 6.27. The molecule has 0 bridgehead atoms. The van der Waals surface area contributed by atoms with Crippen molar-refractivity contribution in [3.63, 3.8) is 0 Å². The molecule has 0 aliphatic rings. The van der Waals surface area contributed by atoms with Crippen LogP contribution in [0.25, 0.3) is 0 Å². The molecule has 14 heavy (non-hydrogen) atoms. The van der Waals surface area contributed by atoms with E-state index in [1.165, 1.54) is 0 Å². The van der Waals surface area contributed by atoms with Crippen LogP contribution in [-0.4, -0.2) is 20.3 Å². The third-order valence-corrected chi connectivity index (χ3v) is 1.99. The molecule has 0 aliphatic heterocycles. The Labute approximate surface area is 98.1 Å². The molecule has 0 radical (unpaired) electrons. The fourth-order valence-electron chi connectivity index (χ4n) is 0.932. The average Bonchev–Trinajstić information content (AvgIpc) is 2.15. The summed E-state index contributed by atoms with van der Waals surface area (Å²) in [6.45, 7) is 0.989. The first-order valence-corrected chi connectivity index (χ1v) is 4.73. The highest BCUT2D eigenvalue weighted by atomic mass is 79.9. The second kappa shape index (κ2) is 6.92. The van der Waals surface area contributed by atoms with E-state index in [1.807, 2.05) is 18.2 Å². The van der Waals surface area contributed by atoms with Gasteiger partial charge in [0.2, 0.25) is 0 Å². The minimum absolute atomic E-state index is 0. The molecule has 0 spiro atoms. The normalized spacial score (nSPS) is 9.07. The summed E-state index contributed by atoms with van der Waals surface area (Å²) in [5.41, 5.74) is 5.33. The summed E-state index contributed by atoms with van der Waals surface area (Å²) in [7, 11) is 1.61. The fraction of sp³-hybridized carbons (Fsp3) is 0.333. The highest BCUT2D eigenvalue weighted by Gasteiger charge is 2.03. The molecule has 0 unspecified atom stereocenters. The van der Waals surface area contributed by atoms with Gasteiger partial charge < -0.3 is 15.2 Å². The molecule has 0 atom stereocenters. The topological polar surface area (TPSA) is 44.5 Å². The monoisotopic (exact) mass is 281 g/mol.